The van der Waals surface area contributed by atoms with Crippen LogP contribution in [0.1, 0.15) is 19.3 Å². The van der Waals surface area contributed by atoms with Crippen LogP contribution in [0.2, 0.25) is 0 Å². The van der Waals surface area contributed by atoms with Crippen LogP contribution in [-0.2, 0) is 4.79 Å². The second-order valence-electron chi connectivity index (χ2n) is 4.15. The number of amides is 2. The minimum Gasteiger partial charge on any atom is -0.480 e. The zero-order valence-electron chi connectivity index (χ0n) is 9.82. The van der Waals surface area contributed by atoms with Crippen molar-refractivity contribution in [2.45, 2.75) is 24.8 Å². The van der Waals surface area contributed by atoms with Gasteiger partial charge in [0.15, 0.2) is 0 Å². The number of rotatable bonds is 6. The first-order chi connectivity index (χ1) is 8.05. The standard InChI is InChI=1S/C12H18N2O3/c1-3-8-14(9-4-2)11(17)13-12(10(15)16)6-5-7-12/h3-4H,1-2,5-9H2,(H,13,17)(H,15,16). The van der Waals surface area contributed by atoms with Crippen molar-refractivity contribution in [2.75, 3.05) is 13.1 Å². The zero-order valence-corrected chi connectivity index (χ0v) is 9.82. The van der Waals surface area contributed by atoms with Gasteiger partial charge in [0.2, 0.25) is 0 Å². The van der Waals surface area contributed by atoms with E-state index in [0.29, 0.717) is 25.9 Å². The number of hydrogen-bond donors (Lipinski definition) is 2. The van der Waals surface area contributed by atoms with E-state index in [1.165, 1.54) is 4.90 Å². The molecule has 0 radical (unpaired) electrons. The van der Waals surface area contributed by atoms with Gasteiger partial charge in [-0.1, -0.05) is 12.2 Å². The molecule has 0 atom stereocenters. The van der Waals surface area contributed by atoms with Crippen LogP contribution in [0, 0.1) is 0 Å². The molecule has 1 aliphatic rings. The lowest BCUT2D eigenvalue weighted by Gasteiger charge is -2.39. The summed E-state index contributed by atoms with van der Waals surface area (Å²) in [7, 11) is 0. The average Bonchev–Trinajstić information content (AvgIpc) is 2.22. The Bertz CT molecular complexity index is 325. The Morgan fingerprint density at radius 2 is 1.82 bits per heavy atom. The first-order valence-corrected chi connectivity index (χ1v) is 5.58. The van der Waals surface area contributed by atoms with Crippen LogP contribution in [-0.4, -0.2) is 40.6 Å². The summed E-state index contributed by atoms with van der Waals surface area (Å²) < 4.78 is 0. The topological polar surface area (TPSA) is 69.6 Å². The van der Waals surface area contributed by atoms with Gasteiger partial charge in [0.1, 0.15) is 5.54 Å². The lowest BCUT2D eigenvalue weighted by atomic mass is 9.77. The molecule has 1 aliphatic carbocycles. The fourth-order valence-corrected chi connectivity index (χ4v) is 1.76. The highest BCUT2D eigenvalue weighted by atomic mass is 16.4. The largest absolute Gasteiger partial charge is 0.480 e. The van der Waals surface area contributed by atoms with E-state index in [4.69, 9.17) is 5.11 Å². The van der Waals surface area contributed by atoms with E-state index in [1.54, 1.807) is 12.2 Å². The van der Waals surface area contributed by atoms with Crippen LogP contribution in [0.15, 0.2) is 25.3 Å². The number of carboxylic acids is 1. The molecule has 5 heteroatoms. The van der Waals surface area contributed by atoms with Crippen LogP contribution in [0.5, 0.6) is 0 Å². The van der Waals surface area contributed by atoms with Crippen molar-refractivity contribution in [3.63, 3.8) is 0 Å². The summed E-state index contributed by atoms with van der Waals surface area (Å²) in [5, 5.41) is 11.7. The molecule has 0 heterocycles. The third-order valence-electron chi connectivity index (χ3n) is 2.95. The van der Waals surface area contributed by atoms with Gasteiger partial charge in [-0.15, -0.1) is 13.2 Å². The molecule has 0 bridgehead atoms. The summed E-state index contributed by atoms with van der Waals surface area (Å²) in [6, 6.07) is -0.382. The lowest BCUT2D eigenvalue weighted by Crippen LogP contribution is -2.61. The molecule has 0 saturated heterocycles. The SMILES string of the molecule is C=CCN(CC=C)C(=O)NC1(C(=O)O)CCC1. The Labute approximate surface area is 101 Å². The van der Waals surface area contributed by atoms with Gasteiger partial charge in [-0.25, -0.2) is 9.59 Å². The fraction of sp³-hybridized carbons (Fsp3) is 0.500. The van der Waals surface area contributed by atoms with E-state index in [9.17, 15) is 9.59 Å². The number of nitrogens with zero attached hydrogens (tertiary/aromatic N) is 1. The molecule has 0 aromatic heterocycles. The van der Waals surface area contributed by atoms with Crippen molar-refractivity contribution < 1.29 is 14.7 Å². The summed E-state index contributed by atoms with van der Waals surface area (Å²) in [6.07, 6.45) is 5.00. The predicted octanol–water partition coefficient (Wildman–Crippen LogP) is 1.38. The van der Waals surface area contributed by atoms with Crippen molar-refractivity contribution in [2.24, 2.45) is 0 Å². The highest BCUT2D eigenvalue weighted by molar-refractivity contribution is 5.87. The maximum Gasteiger partial charge on any atom is 0.329 e. The third kappa shape index (κ3) is 2.87. The van der Waals surface area contributed by atoms with E-state index in [2.05, 4.69) is 18.5 Å². The van der Waals surface area contributed by atoms with E-state index in [0.717, 1.165) is 6.42 Å². The van der Waals surface area contributed by atoms with E-state index in [1.807, 2.05) is 0 Å². The van der Waals surface area contributed by atoms with Gasteiger partial charge in [-0.3, -0.25) is 0 Å². The second-order valence-corrected chi connectivity index (χ2v) is 4.15. The Balaban J connectivity index is 2.65. The highest BCUT2D eigenvalue weighted by Gasteiger charge is 2.46. The molecule has 5 nitrogen and oxygen atoms in total. The summed E-state index contributed by atoms with van der Waals surface area (Å²) in [4.78, 5) is 24.5. The summed E-state index contributed by atoms with van der Waals surface area (Å²) in [5.74, 6) is -0.964. The Hall–Kier alpha value is -1.78. The minimum atomic E-state index is -1.07. The smallest absolute Gasteiger partial charge is 0.329 e. The molecular weight excluding hydrogens is 220 g/mol. The van der Waals surface area contributed by atoms with Gasteiger partial charge < -0.3 is 15.3 Å². The fourth-order valence-electron chi connectivity index (χ4n) is 1.76. The molecule has 1 saturated carbocycles. The molecule has 1 rings (SSSR count). The molecule has 0 aromatic carbocycles. The molecule has 94 valence electrons. The molecule has 0 aliphatic heterocycles. The number of carboxylic acid groups (broad SMARTS) is 1. The second kappa shape index (κ2) is 5.52. The van der Waals surface area contributed by atoms with Crippen molar-refractivity contribution in [1.29, 1.82) is 0 Å². The number of hydrogen-bond acceptors (Lipinski definition) is 2. The molecule has 0 spiro atoms. The minimum absolute atomic E-state index is 0.369. The van der Waals surface area contributed by atoms with Crippen molar-refractivity contribution >= 4 is 12.0 Å². The van der Waals surface area contributed by atoms with Crippen molar-refractivity contribution in [3.8, 4) is 0 Å². The van der Waals surface area contributed by atoms with Crippen LogP contribution in [0.4, 0.5) is 4.79 Å². The third-order valence-corrected chi connectivity index (χ3v) is 2.95. The van der Waals surface area contributed by atoms with E-state index >= 15 is 0 Å². The summed E-state index contributed by atoms with van der Waals surface area (Å²) in [6.45, 7) is 7.85. The van der Waals surface area contributed by atoms with Crippen LogP contribution < -0.4 is 5.32 Å². The Morgan fingerprint density at radius 3 is 2.12 bits per heavy atom. The number of carbonyl (C=O) groups is 2. The van der Waals surface area contributed by atoms with Gasteiger partial charge in [-0.05, 0) is 19.3 Å². The lowest BCUT2D eigenvalue weighted by molar-refractivity contribution is -0.148. The van der Waals surface area contributed by atoms with Gasteiger partial charge in [0.25, 0.3) is 0 Å². The maximum atomic E-state index is 11.9. The van der Waals surface area contributed by atoms with Crippen LogP contribution in [0.25, 0.3) is 0 Å². The number of nitrogens with one attached hydrogen (secondary N) is 1. The average molecular weight is 238 g/mol. The van der Waals surface area contributed by atoms with Gasteiger partial charge >= 0.3 is 12.0 Å². The molecule has 2 amide bonds. The molecular formula is C12H18N2O3. The van der Waals surface area contributed by atoms with Crippen molar-refractivity contribution in [3.05, 3.63) is 25.3 Å². The Morgan fingerprint density at radius 1 is 1.29 bits per heavy atom. The zero-order chi connectivity index (χ0) is 12.9. The van der Waals surface area contributed by atoms with E-state index < -0.39 is 11.5 Å². The molecule has 0 aromatic rings. The molecule has 1 fully saturated rings. The molecule has 0 unspecified atom stereocenters. The predicted molar refractivity (Wildman–Crippen MR) is 64.7 cm³/mol. The van der Waals surface area contributed by atoms with E-state index in [-0.39, 0.29) is 6.03 Å². The maximum absolute atomic E-state index is 11.9. The van der Waals surface area contributed by atoms with Gasteiger partial charge in [0, 0.05) is 13.1 Å². The number of carbonyl (C=O) groups excluding carboxylic acids is 1. The normalized spacial score (nSPS) is 16.5. The van der Waals surface area contributed by atoms with Crippen LogP contribution >= 0.6 is 0 Å². The summed E-state index contributed by atoms with van der Waals surface area (Å²) >= 11 is 0. The first-order valence-electron chi connectivity index (χ1n) is 5.58. The monoisotopic (exact) mass is 238 g/mol. The van der Waals surface area contributed by atoms with Gasteiger partial charge in [0.05, 0.1) is 0 Å². The molecule has 17 heavy (non-hydrogen) atoms. The highest BCUT2D eigenvalue weighted by Crippen LogP contribution is 2.32. The Kier molecular flexibility index (Phi) is 4.31. The quantitative estimate of drug-likeness (QED) is 0.687. The number of urea groups is 1. The van der Waals surface area contributed by atoms with Crippen LogP contribution in [0.3, 0.4) is 0 Å². The van der Waals surface area contributed by atoms with Crippen molar-refractivity contribution in [1.82, 2.24) is 10.2 Å². The first kappa shape index (κ1) is 13.3. The number of aliphatic carboxylic acids is 1. The molecule has 2 N–H and O–H groups in total. The summed E-state index contributed by atoms with van der Waals surface area (Å²) in [5.41, 5.74) is -1.07. The van der Waals surface area contributed by atoms with Gasteiger partial charge in [-0.2, -0.15) is 0 Å².